The number of halogens is 1. The SMILES string of the molecule is CN=C(NCCCCc1nc(C)cs1)NCc1ccsc1.I. The summed E-state index contributed by atoms with van der Waals surface area (Å²) in [5.41, 5.74) is 2.42. The van der Waals surface area contributed by atoms with Crippen molar-refractivity contribution in [2.24, 2.45) is 4.99 Å². The molecule has 22 heavy (non-hydrogen) atoms. The van der Waals surface area contributed by atoms with Crippen LogP contribution in [0.3, 0.4) is 0 Å². The Labute approximate surface area is 157 Å². The normalized spacial score (nSPS) is 11.1. The molecule has 0 aliphatic heterocycles. The third-order valence-electron chi connectivity index (χ3n) is 3.04. The molecular formula is C15H23IN4S2. The first-order valence-electron chi connectivity index (χ1n) is 7.14. The van der Waals surface area contributed by atoms with Crippen molar-refractivity contribution < 1.29 is 0 Å². The topological polar surface area (TPSA) is 49.3 Å². The van der Waals surface area contributed by atoms with Gasteiger partial charge in [0, 0.05) is 31.2 Å². The number of thiazole rings is 1. The minimum absolute atomic E-state index is 0. The van der Waals surface area contributed by atoms with Gasteiger partial charge in [0.05, 0.1) is 5.01 Å². The molecule has 7 heteroatoms. The molecular weight excluding hydrogens is 427 g/mol. The zero-order chi connectivity index (χ0) is 14.9. The van der Waals surface area contributed by atoms with Crippen LogP contribution in [0.25, 0.3) is 0 Å². The quantitative estimate of drug-likeness (QED) is 0.292. The van der Waals surface area contributed by atoms with E-state index in [2.05, 4.69) is 42.8 Å². The lowest BCUT2D eigenvalue weighted by atomic mass is 10.2. The van der Waals surface area contributed by atoms with Crippen LogP contribution in [0, 0.1) is 6.92 Å². The molecule has 2 N–H and O–H groups in total. The molecule has 2 aromatic heterocycles. The van der Waals surface area contributed by atoms with E-state index in [1.54, 1.807) is 29.7 Å². The van der Waals surface area contributed by atoms with Crippen molar-refractivity contribution >= 4 is 52.6 Å². The number of guanidine groups is 1. The van der Waals surface area contributed by atoms with Crippen LogP contribution in [-0.4, -0.2) is 24.5 Å². The van der Waals surface area contributed by atoms with Gasteiger partial charge in [-0.2, -0.15) is 11.3 Å². The van der Waals surface area contributed by atoms with Gasteiger partial charge in [-0.3, -0.25) is 4.99 Å². The second kappa shape index (κ2) is 11.0. The highest BCUT2D eigenvalue weighted by Gasteiger charge is 2.00. The Bertz CT molecular complexity index is 552. The summed E-state index contributed by atoms with van der Waals surface area (Å²) in [6, 6.07) is 2.13. The number of nitrogens with zero attached hydrogens (tertiary/aromatic N) is 2. The van der Waals surface area contributed by atoms with Crippen molar-refractivity contribution in [2.75, 3.05) is 13.6 Å². The molecule has 122 valence electrons. The molecule has 0 fully saturated rings. The van der Waals surface area contributed by atoms with Gasteiger partial charge in [0.1, 0.15) is 0 Å². The third-order valence-corrected chi connectivity index (χ3v) is 4.80. The molecule has 0 amide bonds. The summed E-state index contributed by atoms with van der Waals surface area (Å²) in [7, 11) is 1.81. The lowest BCUT2D eigenvalue weighted by Crippen LogP contribution is -2.37. The van der Waals surface area contributed by atoms with Gasteiger partial charge in [-0.25, -0.2) is 4.98 Å². The molecule has 0 saturated heterocycles. The van der Waals surface area contributed by atoms with Crippen molar-refractivity contribution in [3.8, 4) is 0 Å². The predicted molar refractivity (Wildman–Crippen MR) is 108 cm³/mol. The minimum Gasteiger partial charge on any atom is -0.356 e. The first-order chi connectivity index (χ1) is 10.3. The number of unbranched alkanes of at least 4 members (excludes halogenated alkanes) is 1. The summed E-state index contributed by atoms with van der Waals surface area (Å²) in [5.74, 6) is 0.867. The van der Waals surface area contributed by atoms with Gasteiger partial charge in [-0.1, -0.05) is 0 Å². The molecule has 0 bridgehead atoms. The summed E-state index contributed by atoms with van der Waals surface area (Å²) in [6.07, 6.45) is 3.35. The second-order valence-electron chi connectivity index (χ2n) is 4.82. The molecule has 0 aromatic carbocycles. The third kappa shape index (κ3) is 7.06. The van der Waals surface area contributed by atoms with Gasteiger partial charge in [-0.05, 0) is 48.6 Å². The van der Waals surface area contributed by atoms with E-state index in [-0.39, 0.29) is 24.0 Å². The Morgan fingerprint density at radius 2 is 2.14 bits per heavy atom. The molecule has 0 unspecified atom stereocenters. The number of aliphatic imine (C=N–C) groups is 1. The van der Waals surface area contributed by atoms with Crippen molar-refractivity contribution in [3.63, 3.8) is 0 Å². The van der Waals surface area contributed by atoms with Crippen LogP contribution in [0.4, 0.5) is 0 Å². The number of hydrogen-bond acceptors (Lipinski definition) is 4. The number of thiophene rings is 1. The largest absolute Gasteiger partial charge is 0.356 e. The Kier molecular flexibility index (Phi) is 9.65. The highest BCUT2D eigenvalue weighted by Crippen LogP contribution is 2.11. The van der Waals surface area contributed by atoms with E-state index in [4.69, 9.17) is 0 Å². The van der Waals surface area contributed by atoms with E-state index in [0.717, 1.165) is 44.0 Å². The molecule has 4 nitrogen and oxygen atoms in total. The van der Waals surface area contributed by atoms with Crippen LogP contribution >= 0.6 is 46.7 Å². The molecule has 0 aliphatic rings. The van der Waals surface area contributed by atoms with Crippen molar-refractivity contribution in [2.45, 2.75) is 32.7 Å². The Hall–Kier alpha value is -0.670. The van der Waals surface area contributed by atoms with Crippen LogP contribution in [0.1, 0.15) is 29.1 Å². The molecule has 2 aromatic rings. The highest BCUT2D eigenvalue weighted by atomic mass is 127. The standard InChI is InChI=1S/C15H22N4S2.HI/c1-12-10-21-14(19-12)5-3-4-7-17-15(16-2)18-9-13-6-8-20-11-13;/h6,8,10-11H,3-5,7,9H2,1-2H3,(H2,16,17,18);1H. The molecule has 2 rings (SSSR count). The average molecular weight is 450 g/mol. The van der Waals surface area contributed by atoms with Crippen LogP contribution in [-0.2, 0) is 13.0 Å². The first kappa shape index (κ1) is 19.4. The predicted octanol–water partition coefficient (Wildman–Crippen LogP) is 3.82. The van der Waals surface area contributed by atoms with Crippen LogP contribution < -0.4 is 10.6 Å². The molecule has 0 atom stereocenters. The first-order valence-corrected chi connectivity index (χ1v) is 8.97. The second-order valence-corrected chi connectivity index (χ2v) is 6.55. The van der Waals surface area contributed by atoms with Gasteiger partial charge >= 0.3 is 0 Å². The van der Waals surface area contributed by atoms with Crippen molar-refractivity contribution in [1.82, 2.24) is 15.6 Å². The fourth-order valence-corrected chi connectivity index (χ4v) is 3.41. The van der Waals surface area contributed by atoms with Crippen molar-refractivity contribution in [1.29, 1.82) is 0 Å². The van der Waals surface area contributed by atoms with Gasteiger partial charge < -0.3 is 10.6 Å². The highest BCUT2D eigenvalue weighted by molar-refractivity contribution is 14.0. The van der Waals surface area contributed by atoms with E-state index in [1.165, 1.54) is 10.6 Å². The van der Waals surface area contributed by atoms with E-state index < -0.39 is 0 Å². The molecule has 0 spiro atoms. The summed E-state index contributed by atoms with van der Waals surface area (Å²) >= 11 is 3.48. The smallest absolute Gasteiger partial charge is 0.191 e. The fourth-order valence-electron chi connectivity index (χ4n) is 1.93. The van der Waals surface area contributed by atoms with Crippen molar-refractivity contribution in [3.05, 3.63) is 38.5 Å². The van der Waals surface area contributed by atoms with Crippen LogP contribution in [0.2, 0.25) is 0 Å². The maximum absolute atomic E-state index is 4.48. The van der Waals surface area contributed by atoms with Crippen LogP contribution in [0.15, 0.2) is 27.2 Å². The Morgan fingerprint density at radius 3 is 2.77 bits per heavy atom. The minimum atomic E-state index is 0. The van der Waals surface area contributed by atoms with E-state index in [0.29, 0.717) is 0 Å². The summed E-state index contributed by atoms with van der Waals surface area (Å²) in [4.78, 5) is 8.71. The van der Waals surface area contributed by atoms with E-state index in [1.807, 2.05) is 6.92 Å². The Morgan fingerprint density at radius 1 is 1.27 bits per heavy atom. The van der Waals surface area contributed by atoms with Gasteiger partial charge in [0.2, 0.25) is 0 Å². The maximum atomic E-state index is 4.48. The van der Waals surface area contributed by atoms with Gasteiger partial charge in [0.25, 0.3) is 0 Å². The lowest BCUT2D eigenvalue weighted by molar-refractivity contribution is 0.692. The van der Waals surface area contributed by atoms with Crippen LogP contribution in [0.5, 0.6) is 0 Å². The molecule has 0 radical (unpaired) electrons. The number of nitrogens with one attached hydrogen (secondary N) is 2. The average Bonchev–Trinajstić information content (AvgIpc) is 3.13. The van der Waals surface area contributed by atoms with E-state index in [9.17, 15) is 0 Å². The molecule has 2 heterocycles. The zero-order valence-corrected chi connectivity index (χ0v) is 16.9. The van der Waals surface area contributed by atoms with E-state index >= 15 is 0 Å². The van der Waals surface area contributed by atoms with Gasteiger partial charge in [0.15, 0.2) is 5.96 Å². The fraction of sp³-hybridized carbons (Fsp3) is 0.467. The monoisotopic (exact) mass is 450 g/mol. The summed E-state index contributed by atoms with van der Waals surface area (Å²) in [5, 5.41) is 14.3. The zero-order valence-electron chi connectivity index (χ0n) is 13.0. The molecule has 0 aliphatic carbocycles. The number of rotatable bonds is 7. The Balaban J connectivity index is 0.00000242. The number of hydrogen-bond donors (Lipinski definition) is 2. The maximum Gasteiger partial charge on any atom is 0.191 e. The lowest BCUT2D eigenvalue weighted by Gasteiger charge is -2.11. The number of aromatic nitrogens is 1. The number of aryl methyl sites for hydroxylation is 2. The van der Waals surface area contributed by atoms with Gasteiger partial charge in [-0.15, -0.1) is 35.3 Å². The summed E-state index contributed by atoms with van der Waals surface area (Å²) in [6.45, 7) is 3.81. The summed E-state index contributed by atoms with van der Waals surface area (Å²) < 4.78 is 0. The molecule has 0 saturated carbocycles.